The van der Waals surface area contributed by atoms with Gasteiger partial charge in [-0.05, 0) is 51.8 Å². The summed E-state index contributed by atoms with van der Waals surface area (Å²) in [4.78, 5) is 0. The van der Waals surface area contributed by atoms with Crippen molar-refractivity contribution in [2.45, 2.75) is 6.54 Å². The Labute approximate surface area is 125 Å². The quantitative estimate of drug-likeness (QED) is 0.863. The van der Waals surface area contributed by atoms with Crippen molar-refractivity contribution >= 4 is 33.2 Å². The Bertz CT molecular complexity index is 590. The number of rotatable bonds is 4. The molecule has 3 nitrogen and oxygen atoms in total. The molecule has 0 spiro atoms. The van der Waals surface area contributed by atoms with Gasteiger partial charge < -0.3 is 15.2 Å². The molecular weight excluding hydrogens is 330 g/mol. The summed E-state index contributed by atoms with van der Waals surface area (Å²) in [5, 5.41) is 13.6. The highest BCUT2D eigenvalue weighted by Crippen LogP contribution is 2.28. The van der Waals surface area contributed by atoms with Crippen LogP contribution >= 0.6 is 27.5 Å². The van der Waals surface area contributed by atoms with Crippen LogP contribution in [0.15, 0.2) is 40.9 Å². The first-order chi connectivity index (χ1) is 9.10. The molecular formula is C14H13BrClNO2. The summed E-state index contributed by atoms with van der Waals surface area (Å²) in [7, 11) is 1.52. The van der Waals surface area contributed by atoms with Gasteiger partial charge in [-0.1, -0.05) is 17.7 Å². The summed E-state index contributed by atoms with van der Waals surface area (Å²) in [6.07, 6.45) is 0. The monoisotopic (exact) mass is 341 g/mol. The van der Waals surface area contributed by atoms with Gasteiger partial charge in [0, 0.05) is 16.0 Å². The highest BCUT2D eigenvalue weighted by molar-refractivity contribution is 9.10. The van der Waals surface area contributed by atoms with Crippen LogP contribution in [0.1, 0.15) is 5.56 Å². The molecule has 0 aliphatic carbocycles. The summed E-state index contributed by atoms with van der Waals surface area (Å²) in [6, 6.07) is 10.8. The molecule has 2 aromatic rings. The number of ether oxygens (including phenoxy) is 1. The van der Waals surface area contributed by atoms with Crippen molar-refractivity contribution in [1.29, 1.82) is 0 Å². The fraction of sp³-hybridized carbons (Fsp3) is 0.143. The fourth-order valence-corrected chi connectivity index (χ4v) is 2.23. The number of methoxy groups -OCH3 is 1. The minimum absolute atomic E-state index is 0.131. The lowest BCUT2D eigenvalue weighted by Crippen LogP contribution is -2.00. The summed E-state index contributed by atoms with van der Waals surface area (Å²) in [5.74, 6) is 0.597. The summed E-state index contributed by atoms with van der Waals surface area (Å²) in [5.41, 5.74) is 1.85. The largest absolute Gasteiger partial charge is 0.504 e. The van der Waals surface area contributed by atoms with E-state index in [2.05, 4.69) is 21.2 Å². The molecule has 5 heteroatoms. The van der Waals surface area contributed by atoms with E-state index in [1.165, 1.54) is 7.11 Å². The second-order valence-electron chi connectivity index (χ2n) is 3.98. The Morgan fingerprint density at radius 2 is 2.05 bits per heavy atom. The zero-order chi connectivity index (χ0) is 13.8. The normalized spacial score (nSPS) is 10.3. The van der Waals surface area contributed by atoms with E-state index < -0.39 is 0 Å². The van der Waals surface area contributed by atoms with Gasteiger partial charge in [-0.3, -0.25) is 0 Å². The number of hydrogen-bond acceptors (Lipinski definition) is 3. The molecule has 0 aliphatic heterocycles. The van der Waals surface area contributed by atoms with Crippen molar-refractivity contribution in [2.24, 2.45) is 0 Å². The fourth-order valence-electron chi connectivity index (χ4n) is 1.68. The minimum Gasteiger partial charge on any atom is -0.504 e. The Kier molecular flexibility index (Phi) is 4.56. The van der Waals surface area contributed by atoms with E-state index in [4.69, 9.17) is 16.3 Å². The third-order valence-electron chi connectivity index (χ3n) is 2.65. The molecule has 100 valence electrons. The van der Waals surface area contributed by atoms with E-state index in [0.29, 0.717) is 17.3 Å². The van der Waals surface area contributed by atoms with Crippen molar-refractivity contribution < 1.29 is 9.84 Å². The molecule has 0 heterocycles. The molecule has 0 bridgehead atoms. The molecule has 0 aromatic heterocycles. The molecule has 19 heavy (non-hydrogen) atoms. The van der Waals surface area contributed by atoms with Gasteiger partial charge in [0.05, 0.1) is 12.8 Å². The van der Waals surface area contributed by atoms with E-state index in [1.807, 2.05) is 24.3 Å². The predicted molar refractivity (Wildman–Crippen MR) is 81.1 cm³/mol. The molecule has 0 aliphatic rings. The van der Waals surface area contributed by atoms with E-state index in [0.717, 1.165) is 15.7 Å². The number of phenolic OH excluding ortho intramolecular Hbond substituents is 1. The van der Waals surface area contributed by atoms with Crippen molar-refractivity contribution in [2.75, 3.05) is 12.4 Å². The van der Waals surface area contributed by atoms with E-state index in [9.17, 15) is 5.11 Å². The van der Waals surface area contributed by atoms with Crippen molar-refractivity contribution in [3.05, 3.63) is 51.5 Å². The van der Waals surface area contributed by atoms with Gasteiger partial charge in [0.25, 0.3) is 0 Å². The lowest BCUT2D eigenvalue weighted by molar-refractivity contribution is 0.373. The van der Waals surface area contributed by atoms with Gasteiger partial charge in [-0.15, -0.1) is 0 Å². The Balaban J connectivity index is 2.10. The van der Waals surface area contributed by atoms with Crippen LogP contribution in [0.25, 0.3) is 0 Å². The van der Waals surface area contributed by atoms with Gasteiger partial charge in [0.1, 0.15) is 0 Å². The van der Waals surface area contributed by atoms with Gasteiger partial charge in [-0.25, -0.2) is 0 Å². The van der Waals surface area contributed by atoms with E-state index in [1.54, 1.807) is 12.1 Å². The first kappa shape index (κ1) is 14.0. The van der Waals surface area contributed by atoms with Gasteiger partial charge in [0.15, 0.2) is 11.5 Å². The number of nitrogens with one attached hydrogen (secondary N) is 1. The molecule has 2 rings (SSSR count). The van der Waals surface area contributed by atoms with Crippen LogP contribution in [-0.2, 0) is 6.54 Å². The predicted octanol–water partition coefficient (Wildman–Crippen LogP) is 4.43. The third-order valence-corrected chi connectivity index (χ3v) is 3.58. The van der Waals surface area contributed by atoms with Crippen LogP contribution in [0.5, 0.6) is 11.5 Å². The maximum atomic E-state index is 9.70. The van der Waals surface area contributed by atoms with Crippen LogP contribution < -0.4 is 10.1 Å². The number of anilines is 1. The molecule has 0 atom stereocenters. The van der Waals surface area contributed by atoms with Crippen LogP contribution in [-0.4, -0.2) is 12.2 Å². The van der Waals surface area contributed by atoms with Crippen molar-refractivity contribution in [3.8, 4) is 11.5 Å². The molecule has 0 radical (unpaired) electrons. The minimum atomic E-state index is 0.131. The first-order valence-corrected chi connectivity index (χ1v) is 6.82. The van der Waals surface area contributed by atoms with Gasteiger partial charge in [-0.2, -0.15) is 0 Å². The second kappa shape index (κ2) is 6.17. The van der Waals surface area contributed by atoms with Crippen LogP contribution in [0.3, 0.4) is 0 Å². The van der Waals surface area contributed by atoms with Crippen molar-refractivity contribution in [3.63, 3.8) is 0 Å². The molecule has 0 amide bonds. The van der Waals surface area contributed by atoms with Crippen LogP contribution in [0.4, 0.5) is 5.69 Å². The standard InChI is InChI=1S/C14H13BrClNO2/c1-19-14-5-2-9(6-13(14)18)8-17-12-7-10(16)3-4-11(12)15/h2-7,17-18H,8H2,1H3. The zero-order valence-corrected chi connectivity index (χ0v) is 12.6. The highest BCUT2D eigenvalue weighted by Gasteiger charge is 2.04. The zero-order valence-electron chi connectivity index (χ0n) is 10.3. The van der Waals surface area contributed by atoms with E-state index in [-0.39, 0.29) is 5.75 Å². The number of aromatic hydroxyl groups is 1. The summed E-state index contributed by atoms with van der Waals surface area (Å²) < 4.78 is 5.94. The Morgan fingerprint density at radius 1 is 1.26 bits per heavy atom. The smallest absolute Gasteiger partial charge is 0.160 e. The molecule has 0 fully saturated rings. The Morgan fingerprint density at radius 3 is 2.74 bits per heavy atom. The van der Waals surface area contributed by atoms with Crippen LogP contribution in [0.2, 0.25) is 5.02 Å². The van der Waals surface area contributed by atoms with Gasteiger partial charge in [0.2, 0.25) is 0 Å². The second-order valence-corrected chi connectivity index (χ2v) is 5.27. The highest BCUT2D eigenvalue weighted by atomic mass is 79.9. The van der Waals surface area contributed by atoms with Crippen LogP contribution in [0, 0.1) is 0 Å². The number of halogens is 2. The number of benzene rings is 2. The average Bonchev–Trinajstić information content (AvgIpc) is 2.40. The van der Waals surface area contributed by atoms with E-state index >= 15 is 0 Å². The average molecular weight is 343 g/mol. The summed E-state index contributed by atoms with van der Waals surface area (Å²) in [6.45, 7) is 0.580. The number of hydrogen-bond donors (Lipinski definition) is 2. The SMILES string of the molecule is COc1ccc(CNc2cc(Cl)ccc2Br)cc1O. The Hall–Kier alpha value is -1.39. The first-order valence-electron chi connectivity index (χ1n) is 5.65. The molecule has 2 N–H and O–H groups in total. The van der Waals surface area contributed by atoms with Gasteiger partial charge >= 0.3 is 0 Å². The summed E-state index contributed by atoms with van der Waals surface area (Å²) >= 11 is 9.40. The number of phenols is 1. The van der Waals surface area contributed by atoms with Crippen molar-refractivity contribution in [1.82, 2.24) is 0 Å². The topological polar surface area (TPSA) is 41.5 Å². The molecule has 0 saturated heterocycles. The lowest BCUT2D eigenvalue weighted by Gasteiger charge is -2.10. The molecule has 0 saturated carbocycles. The maximum Gasteiger partial charge on any atom is 0.160 e. The third kappa shape index (κ3) is 3.55. The molecule has 2 aromatic carbocycles. The lowest BCUT2D eigenvalue weighted by atomic mass is 10.2. The maximum absolute atomic E-state index is 9.70. The molecule has 0 unspecified atom stereocenters.